The molecule has 0 saturated heterocycles. The lowest BCUT2D eigenvalue weighted by atomic mass is 9.94. The number of nitrogens with zero attached hydrogens (tertiary/aromatic N) is 1. The molecule has 2 amide bonds. The highest BCUT2D eigenvalue weighted by atomic mass is 35.5. The molecule has 0 spiro atoms. The molecule has 1 fully saturated rings. The number of thioether (sulfide) groups is 1. The predicted octanol–water partition coefficient (Wildman–Crippen LogP) is 6.97. The van der Waals surface area contributed by atoms with Crippen LogP contribution in [0.1, 0.15) is 54.4 Å². The van der Waals surface area contributed by atoms with Gasteiger partial charge in [0.1, 0.15) is 6.04 Å². The molecule has 4 nitrogen and oxygen atoms in total. The van der Waals surface area contributed by atoms with Gasteiger partial charge in [-0.15, -0.1) is 11.8 Å². The Kier molecular flexibility index (Phi) is 10.7. The van der Waals surface area contributed by atoms with Crippen molar-refractivity contribution in [3.05, 3.63) is 106 Å². The van der Waals surface area contributed by atoms with Gasteiger partial charge in [-0.05, 0) is 48.6 Å². The van der Waals surface area contributed by atoms with Gasteiger partial charge in [0.05, 0.1) is 5.75 Å². The molecular weight excluding hydrogens is 512 g/mol. The van der Waals surface area contributed by atoms with Crippen LogP contribution in [-0.2, 0) is 28.3 Å². The van der Waals surface area contributed by atoms with Crippen LogP contribution >= 0.6 is 23.4 Å². The molecule has 0 unspecified atom stereocenters. The van der Waals surface area contributed by atoms with Crippen LogP contribution in [0, 0.1) is 6.92 Å². The number of carbonyl (C=O) groups excluding carboxylic acids is 2. The quantitative estimate of drug-likeness (QED) is 0.281. The number of rotatable bonds is 11. The molecule has 3 aromatic carbocycles. The molecular formula is C32H37ClN2O2S. The number of halogens is 1. The highest BCUT2D eigenvalue weighted by Gasteiger charge is 2.31. The van der Waals surface area contributed by atoms with Crippen LogP contribution in [0.2, 0.25) is 5.02 Å². The standard InChI is InChI=1S/C32H37ClN2O2S/c1-24-9-8-12-27(19-24)21-35(31(36)23-38-22-26-15-17-28(33)18-16-26)30(20-25-10-4-2-5-11-25)32(37)34-29-13-6-3-7-14-29/h2,4-5,8-12,15-19,29-30H,3,6-7,13-14,20-23H2,1H3,(H,34,37)/t30-/m1/s1. The summed E-state index contributed by atoms with van der Waals surface area (Å²) in [7, 11) is 0. The number of benzene rings is 3. The molecule has 4 rings (SSSR count). The number of nitrogens with one attached hydrogen (secondary N) is 1. The maximum Gasteiger partial charge on any atom is 0.243 e. The summed E-state index contributed by atoms with van der Waals surface area (Å²) in [6.45, 7) is 2.45. The Morgan fingerprint density at radius 1 is 0.921 bits per heavy atom. The zero-order valence-electron chi connectivity index (χ0n) is 22.1. The van der Waals surface area contributed by atoms with Gasteiger partial charge in [0.25, 0.3) is 0 Å². The summed E-state index contributed by atoms with van der Waals surface area (Å²) in [5.41, 5.74) is 4.34. The van der Waals surface area contributed by atoms with Crippen LogP contribution in [0.4, 0.5) is 0 Å². The fourth-order valence-corrected chi connectivity index (χ4v) is 6.02. The van der Waals surface area contributed by atoms with Crippen molar-refractivity contribution in [1.29, 1.82) is 0 Å². The first-order valence-corrected chi connectivity index (χ1v) is 15.0. The molecule has 38 heavy (non-hydrogen) atoms. The topological polar surface area (TPSA) is 49.4 Å². The average molecular weight is 549 g/mol. The summed E-state index contributed by atoms with van der Waals surface area (Å²) in [6, 6.07) is 25.5. The Labute approximate surface area is 236 Å². The largest absolute Gasteiger partial charge is 0.352 e. The molecule has 0 aliphatic heterocycles. The van der Waals surface area contributed by atoms with Crippen molar-refractivity contribution in [2.45, 2.75) is 69.8 Å². The Morgan fingerprint density at radius 3 is 2.34 bits per heavy atom. The molecule has 1 aliphatic rings. The van der Waals surface area contributed by atoms with Gasteiger partial charge < -0.3 is 10.2 Å². The van der Waals surface area contributed by atoms with Crippen LogP contribution in [-0.4, -0.2) is 34.6 Å². The van der Waals surface area contributed by atoms with Crippen molar-refractivity contribution in [1.82, 2.24) is 10.2 Å². The molecule has 1 aliphatic carbocycles. The molecule has 0 radical (unpaired) electrons. The van der Waals surface area contributed by atoms with Gasteiger partial charge in [0.2, 0.25) is 11.8 Å². The predicted molar refractivity (Wildman–Crippen MR) is 158 cm³/mol. The third-order valence-corrected chi connectivity index (χ3v) is 8.31. The minimum absolute atomic E-state index is 0.0230. The molecule has 6 heteroatoms. The molecule has 0 heterocycles. The van der Waals surface area contributed by atoms with Gasteiger partial charge in [-0.1, -0.05) is 103 Å². The van der Waals surface area contributed by atoms with Crippen LogP contribution in [0.5, 0.6) is 0 Å². The minimum atomic E-state index is -0.580. The van der Waals surface area contributed by atoms with Gasteiger partial charge >= 0.3 is 0 Å². The first-order chi connectivity index (χ1) is 18.5. The smallest absolute Gasteiger partial charge is 0.243 e. The molecule has 1 N–H and O–H groups in total. The zero-order valence-corrected chi connectivity index (χ0v) is 23.6. The summed E-state index contributed by atoms with van der Waals surface area (Å²) < 4.78 is 0. The summed E-state index contributed by atoms with van der Waals surface area (Å²) >= 11 is 7.59. The SMILES string of the molecule is Cc1cccc(CN(C(=O)CSCc2ccc(Cl)cc2)[C@H](Cc2ccccc2)C(=O)NC2CCCCC2)c1. The highest BCUT2D eigenvalue weighted by molar-refractivity contribution is 7.99. The fraction of sp³-hybridized carbons (Fsp3) is 0.375. The van der Waals surface area contributed by atoms with E-state index in [9.17, 15) is 9.59 Å². The van der Waals surface area contributed by atoms with E-state index in [-0.39, 0.29) is 17.9 Å². The minimum Gasteiger partial charge on any atom is -0.352 e. The third kappa shape index (κ3) is 8.64. The first-order valence-electron chi connectivity index (χ1n) is 13.5. The first kappa shape index (κ1) is 28.3. The summed E-state index contributed by atoms with van der Waals surface area (Å²) in [6.07, 6.45) is 6.00. The van der Waals surface area contributed by atoms with Crippen molar-refractivity contribution in [2.24, 2.45) is 0 Å². The Morgan fingerprint density at radius 2 is 1.63 bits per heavy atom. The maximum atomic E-state index is 13.8. The molecule has 1 saturated carbocycles. The van der Waals surface area contributed by atoms with E-state index in [2.05, 4.69) is 24.4 Å². The molecule has 1 atom stereocenters. The van der Waals surface area contributed by atoms with Gasteiger partial charge in [-0.2, -0.15) is 0 Å². The van der Waals surface area contributed by atoms with E-state index in [1.807, 2.05) is 66.7 Å². The lowest BCUT2D eigenvalue weighted by Crippen LogP contribution is -2.53. The fourth-order valence-electron chi connectivity index (χ4n) is 5.03. The second-order valence-electron chi connectivity index (χ2n) is 10.2. The van der Waals surface area contributed by atoms with Crippen LogP contribution in [0.15, 0.2) is 78.9 Å². The van der Waals surface area contributed by atoms with Crippen molar-refractivity contribution >= 4 is 35.2 Å². The number of hydrogen-bond donors (Lipinski definition) is 1. The normalized spacial score (nSPS) is 14.6. The molecule has 0 aromatic heterocycles. The van der Waals surface area contributed by atoms with Crippen molar-refractivity contribution in [3.8, 4) is 0 Å². The molecule has 3 aromatic rings. The average Bonchev–Trinajstić information content (AvgIpc) is 2.93. The van der Waals surface area contributed by atoms with E-state index in [4.69, 9.17) is 11.6 Å². The van der Waals surface area contributed by atoms with E-state index in [0.29, 0.717) is 29.5 Å². The monoisotopic (exact) mass is 548 g/mol. The zero-order chi connectivity index (χ0) is 26.7. The maximum absolute atomic E-state index is 13.8. The summed E-state index contributed by atoms with van der Waals surface area (Å²) in [5.74, 6) is 0.935. The Bertz CT molecular complexity index is 1180. The molecule has 200 valence electrons. The number of carbonyl (C=O) groups is 2. The van der Waals surface area contributed by atoms with E-state index >= 15 is 0 Å². The lowest BCUT2D eigenvalue weighted by Gasteiger charge is -2.33. The van der Waals surface area contributed by atoms with Crippen molar-refractivity contribution < 1.29 is 9.59 Å². The Hall–Kier alpha value is -2.76. The molecule has 0 bridgehead atoms. The van der Waals surface area contributed by atoms with Crippen molar-refractivity contribution in [3.63, 3.8) is 0 Å². The second kappa shape index (κ2) is 14.4. The highest BCUT2D eigenvalue weighted by Crippen LogP contribution is 2.22. The Balaban J connectivity index is 1.56. The van der Waals surface area contributed by atoms with E-state index < -0.39 is 6.04 Å². The summed E-state index contributed by atoms with van der Waals surface area (Å²) in [5, 5.41) is 4.01. The lowest BCUT2D eigenvalue weighted by molar-refractivity contribution is -0.139. The van der Waals surface area contributed by atoms with Gasteiger partial charge in [0.15, 0.2) is 0 Å². The van der Waals surface area contributed by atoms with Gasteiger partial charge in [-0.25, -0.2) is 0 Å². The number of hydrogen-bond acceptors (Lipinski definition) is 3. The second-order valence-corrected chi connectivity index (χ2v) is 11.6. The number of aryl methyl sites for hydroxylation is 1. The van der Waals surface area contributed by atoms with Crippen LogP contribution in [0.25, 0.3) is 0 Å². The van der Waals surface area contributed by atoms with Crippen LogP contribution < -0.4 is 5.32 Å². The van der Waals surface area contributed by atoms with E-state index in [1.165, 1.54) is 6.42 Å². The number of amides is 2. The van der Waals surface area contributed by atoms with E-state index in [1.54, 1.807) is 16.7 Å². The van der Waals surface area contributed by atoms with Gasteiger partial charge in [-0.3, -0.25) is 9.59 Å². The van der Waals surface area contributed by atoms with Crippen LogP contribution in [0.3, 0.4) is 0 Å². The third-order valence-electron chi connectivity index (χ3n) is 7.07. The van der Waals surface area contributed by atoms with Gasteiger partial charge in [0, 0.05) is 29.8 Å². The summed E-state index contributed by atoms with van der Waals surface area (Å²) in [4.78, 5) is 29.4. The van der Waals surface area contributed by atoms with Crippen molar-refractivity contribution in [2.75, 3.05) is 5.75 Å². The van der Waals surface area contributed by atoms with E-state index in [0.717, 1.165) is 47.9 Å².